The number of sulfonamides is 1. The summed E-state index contributed by atoms with van der Waals surface area (Å²) in [6, 6.07) is 4.98. The maximum Gasteiger partial charge on any atom is 0.307 e. The molecule has 0 aromatic heterocycles. The molecule has 5 nitrogen and oxygen atoms in total. The SMILES string of the molecule is CC(C)c1ccc(Cl)c(S(=O)(=O)N2CCCC(C(=O)O)C2)c1. The Morgan fingerprint density at radius 1 is 1.41 bits per heavy atom. The van der Waals surface area contributed by atoms with E-state index < -0.39 is 21.9 Å². The zero-order valence-corrected chi connectivity index (χ0v) is 14.2. The van der Waals surface area contributed by atoms with Crippen molar-refractivity contribution in [3.8, 4) is 0 Å². The lowest BCUT2D eigenvalue weighted by molar-refractivity contribution is -0.142. The number of rotatable bonds is 4. The first kappa shape index (κ1) is 17.2. The first-order chi connectivity index (χ1) is 10.2. The van der Waals surface area contributed by atoms with Crippen molar-refractivity contribution in [2.45, 2.75) is 37.5 Å². The number of carbonyl (C=O) groups is 1. The molecule has 0 saturated carbocycles. The van der Waals surface area contributed by atoms with E-state index >= 15 is 0 Å². The Morgan fingerprint density at radius 2 is 2.09 bits per heavy atom. The highest BCUT2D eigenvalue weighted by molar-refractivity contribution is 7.89. The Bertz CT molecular complexity index is 672. The average molecular weight is 346 g/mol. The molecule has 0 aliphatic carbocycles. The normalized spacial score (nSPS) is 20.3. The van der Waals surface area contributed by atoms with Crippen LogP contribution in [0.3, 0.4) is 0 Å². The van der Waals surface area contributed by atoms with Crippen LogP contribution in [0.25, 0.3) is 0 Å². The van der Waals surface area contributed by atoms with Crippen molar-refractivity contribution in [3.05, 3.63) is 28.8 Å². The second-order valence-corrected chi connectivity index (χ2v) is 8.20. The second kappa shape index (κ2) is 6.56. The molecule has 1 aromatic carbocycles. The van der Waals surface area contributed by atoms with E-state index in [9.17, 15) is 13.2 Å². The van der Waals surface area contributed by atoms with Crippen molar-refractivity contribution in [3.63, 3.8) is 0 Å². The first-order valence-corrected chi connectivity index (χ1v) is 9.07. The van der Waals surface area contributed by atoms with Crippen LogP contribution < -0.4 is 0 Å². The molecule has 1 aromatic rings. The Kier molecular flexibility index (Phi) is 5.14. The fourth-order valence-electron chi connectivity index (χ4n) is 2.58. The molecule has 2 rings (SSSR count). The van der Waals surface area contributed by atoms with Gasteiger partial charge in [0.15, 0.2) is 0 Å². The van der Waals surface area contributed by atoms with Gasteiger partial charge < -0.3 is 5.11 Å². The fraction of sp³-hybridized carbons (Fsp3) is 0.533. The maximum absolute atomic E-state index is 12.8. The monoisotopic (exact) mass is 345 g/mol. The van der Waals surface area contributed by atoms with Gasteiger partial charge in [0.25, 0.3) is 0 Å². The molecular weight excluding hydrogens is 326 g/mol. The second-order valence-electron chi connectivity index (χ2n) is 5.89. The molecule has 122 valence electrons. The Balaban J connectivity index is 2.38. The van der Waals surface area contributed by atoms with Crippen molar-refractivity contribution < 1.29 is 18.3 Å². The number of hydrogen-bond acceptors (Lipinski definition) is 3. The summed E-state index contributed by atoms with van der Waals surface area (Å²) in [4.78, 5) is 11.2. The third-order valence-electron chi connectivity index (χ3n) is 3.97. The van der Waals surface area contributed by atoms with Crippen LogP contribution in [0.15, 0.2) is 23.1 Å². The Labute approximate surface area is 135 Å². The number of aliphatic carboxylic acids is 1. The van der Waals surface area contributed by atoms with Crippen LogP contribution in [0.1, 0.15) is 38.2 Å². The molecular formula is C15H20ClNO4S. The van der Waals surface area contributed by atoms with Gasteiger partial charge in [-0.05, 0) is 36.5 Å². The summed E-state index contributed by atoms with van der Waals surface area (Å²) in [6.45, 7) is 4.27. The number of carboxylic acid groups (broad SMARTS) is 1. The minimum atomic E-state index is -3.78. The molecule has 22 heavy (non-hydrogen) atoms. The van der Waals surface area contributed by atoms with Gasteiger partial charge >= 0.3 is 5.97 Å². The summed E-state index contributed by atoms with van der Waals surface area (Å²) in [5, 5.41) is 9.28. The van der Waals surface area contributed by atoms with Gasteiger partial charge in [0.05, 0.1) is 10.9 Å². The summed E-state index contributed by atoms with van der Waals surface area (Å²) in [5.74, 6) is -1.43. The van der Waals surface area contributed by atoms with E-state index in [4.69, 9.17) is 16.7 Å². The van der Waals surface area contributed by atoms with Gasteiger partial charge in [0.1, 0.15) is 4.90 Å². The van der Waals surface area contributed by atoms with Crippen molar-refractivity contribution in [1.82, 2.24) is 4.31 Å². The van der Waals surface area contributed by atoms with Crippen LogP contribution >= 0.6 is 11.6 Å². The van der Waals surface area contributed by atoms with Crippen LogP contribution in [0.5, 0.6) is 0 Å². The number of hydrogen-bond donors (Lipinski definition) is 1. The zero-order chi connectivity index (χ0) is 16.5. The van der Waals surface area contributed by atoms with Crippen LogP contribution in [0.2, 0.25) is 5.02 Å². The summed E-state index contributed by atoms with van der Waals surface area (Å²) in [7, 11) is -3.78. The predicted octanol–water partition coefficient (Wildman–Crippen LogP) is 2.95. The molecule has 1 fully saturated rings. The number of benzene rings is 1. The van der Waals surface area contributed by atoms with E-state index in [1.165, 1.54) is 4.31 Å². The van der Waals surface area contributed by atoms with Crippen LogP contribution in [0.4, 0.5) is 0 Å². The molecule has 0 amide bonds. The molecule has 1 aliphatic heterocycles. The van der Waals surface area contributed by atoms with Gasteiger partial charge in [-0.1, -0.05) is 31.5 Å². The van der Waals surface area contributed by atoms with E-state index in [-0.39, 0.29) is 22.4 Å². The molecule has 0 bridgehead atoms. The van der Waals surface area contributed by atoms with Crippen molar-refractivity contribution in [2.24, 2.45) is 5.92 Å². The van der Waals surface area contributed by atoms with E-state index in [2.05, 4.69) is 0 Å². The van der Waals surface area contributed by atoms with Crippen LogP contribution in [-0.4, -0.2) is 36.9 Å². The minimum absolute atomic E-state index is 0.0000975. The van der Waals surface area contributed by atoms with Gasteiger partial charge in [-0.25, -0.2) is 8.42 Å². The average Bonchev–Trinajstić information content (AvgIpc) is 2.47. The minimum Gasteiger partial charge on any atom is -0.481 e. The lowest BCUT2D eigenvalue weighted by Gasteiger charge is -2.30. The van der Waals surface area contributed by atoms with E-state index in [0.717, 1.165) is 5.56 Å². The maximum atomic E-state index is 12.8. The third kappa shape index (κ3) is 3.45. The molecule has 0 radical (unpaired) electrons. The zero-order valence-electron chi connectivity index (χ0n) is 12.6. The van der Waals surface area contributed by atoms with E-state index in [1.54, 1.807) is 12.1 Å². The standard InChI is InChI=1S/C15H20ClNO4S/c1-10(2)11-5-6-13(16)14(8-11)22(20,21)17-7-3-4-12(9-17)15(18)19/h5-6,8,10,12H,3-4,7,9H2,1-2H3,(H,18,19). The molecule has 1 N–H and O–H groups in total. The van der Waals surface area contributed by atoms with Gasteiger partial charge in [0.2, 0.25) is 10.0 Å². The number of nitrogens with zero attached hydrogens (tertiary/aromatic N) is 1. The van der Waals surface area contributed by atoms with Crippen molar-refractivity contribution >= 4 is 27.6 Å². The van der Waals surface area contributed by atoms with Crippen molar-refractivity contribution in [1.29, 1.82) is 0 Å². The smallest absolute Gasteiger partial charge is 0.307 e. The number of halogens is 1. The molecule has 0 spiro atoms. The molecule has 1 saturated heterocycles. The molecule has 7 heteroatoms. The van der Waals surface area contributed by atoms with Crippen LogP contribution in [-0.2, 0) is 14.8 Å². The Morgan fingerprint density at radius 3 is 2.68 bits per heavy atom. The lowest BCUT2D eigenvalue weighted by atomic mass is 10.0. The summed E-state index contributed by atoms with van der Waals surface area (Å²) >= 11 is 6.08. The molecule has 1 unspecified atom stereocenters. The van der Waals surface area contributed by atoms with E-state index in [1.807, 2.05) is 19.9 Å². The fourth-order valence-corrected chi connectivity index (χ4v) is 4.61. The molecule has 1 aliphatic rings. The highest BCUT2D eigenvalue weighted by Crippen LogP contribution is 2.30. The van der Waals surface area contributed by atoms with Crippen molar-refractivity contribution in [2.75, 3.05) is 13.1 Å². The molecule has 1 heterocycles. The summed E-state index contributed by atoms with van der Waals surface area (Å²) in [6.07, 6.45) is 1.04. The third-order valence-corrected chi connectivity index (χ3v) is 6.32. The number of piperidine rings is 1. The van der Waals surface area contributed by atoms with Gasteiger partial charge in [-0.15, -0.1) is 0 Å². The lowest BCUT2D eigenvalue weighted by Crippen LogP contribution is -2.42. The molecule has 1 atom stereocenters. The quantitative estimate of drug-likeness (QED) is 0.910. The largest absolute Gasteiger partial charge is 0.481 e. The van der Waals surface area contributed by atoms with E-state index in [0.29, 0.717) is 19.4 Å². The Hall–Kier alpha value is -1.11. The predicted molar refractivity (Wildman–Crippen MR) is 84.7 cm³/mol. The van der Waals surface area contributed by atoms with Gasteiger partial charge in [-0.3, -0.25) is 4.79 Å². The van der Waals surface area contributed by atoms with Gasteiger partial charge in [0, 0.05) is 13.1 Å². The van der Waals surface area contributed by atoms with Gasteiger partial charge in [-0.2, -0.15) is 4.31 Å². The highest BCUT2D eigenvalue weighted by Gasteiger charge is 2.34. The first-order valence-electron chi connectivity index (χ1n) is 7.26. The van der Waals surface area contributed by atoms with Crippen LogP contribution in [0, 0.1) is 5.92 Å². The number of carboxylic acids is 1. The summed E-state index contributed by atoms with van der Waals surface area (Å²) in [5.41, 5.74) is 0.884. The highest BCUT2D eigenvalue weighted by atomic mass is 35.5. The topological polar surface area (TPSA) is 74.7 Å². The summed E-state index contributed by atoms with van der Waals surface area (Å²) < 4.78 is 26.8.